The van der Waals surface area contributed by atoms with Gasteiger partial charge in [-0.25, -0.2) is 4.79 Å². The van der Waals surface area contributed by atoms with Crippen molar-refractivity contribution in [2.75, 3.05) is 7.11 Å². The van der Waals surface area contributed by atoms with Crippen LogP contribution in [-0.4, -0.2) is 18.2 Å². The molecule has 1 N–H and O–H groups in total. The van der Waals surface area contributed by atoms with Crippen LogP contribution in [0.4, 0.5) is 0 Å². The van der Waals surface area contributed by atoms with Crippen LogP contribution in [0.2, 0.25) is 0 Å². The first-order valence-corrected chi connectivity index (χ1v) is 5.13. The summed E-state index contributed by atoms with van der Waals surface area (Å²) in [5, 5.41) is 9.33. The Kier molecular flexibility index (Phi) is 3.25. The minimum Gasteiger partial charge on any atom is -0.463 e. The van der Waals surface area contributed by atoms with Crippen molar-refractivity contribution in [3.8, 4) is 11.1 Å². The standard InChI is InChI=1S/C13H12O4/c1-16-13(15)12-10(7-14)11(8-17-12)9-5-3-2-4-6-9/h2-6,8,14H,7H2,1H3. The Morgan fingerprint density at radius 3 is 2.65 bits per heavy atom. The fourth-order valence-electron chi connectivity index (χ4n) is 1.66. The van der Waals surface area contributed by atoms with Crippen molar-refractivity contribution in [2.24, 2.45) is 0 Å². The second-order valence-electron chi connectivity index (χ2n) is 3.47. The zero-order valence-electron chi connectivity index (χ0n) is 9.34. The lowest BCUT2D eigenvalue weighted by molar-refractivity contribution is 0.0560. The maximum atomic E-state index is 11.4. The van der Waals surface area contributed by atoms with Crippen molar-refractivity contribution in [1.82, 2.24) is 0 Å². The highest BCUT2D eigenvalue weighted by Gasteiger charge is 2.20. The molecular formula is C13H12O4. The van der Waals surface area contributed by atoms with Gasteiger partial charge in [0, 0.05) is 11.1 Å². The number of rotatable bonds is 3. The fraction of sp³-hybridized carbons (Fsp3) is 0.154. The number of carbonyl (C=O) groups is 1. The molecule has 0 aliphatic rings. The Morgan fingerprint density at radius 2 is 2.06 bits per heavy atom. The van der Waals surface area contributed by atoms with Gasteiger partial charge in [-0.1, -0.05) is 30.3 Å². The lowest BCUT2D eigenvalue weighted by Crippen LogP contribution is -2.03. The zero-order valence-corrected chi connectivity index (χ0v) is 9.34. The maximum Gasteiger partial charge on any atom is 0.374 e. The lowest BCUT2D eigenvalue weighted by atomic mass is 10.0. The third kappa shape index (κ3) is 2.07. The molecule has 0 spiro atoms. The smallest absolute Gasteiger partial charge is 0.374 e. The van der Waals surface area contributed by atoms with Crippen molar-refractivity contribution in [3.63, 3.8) is 0 Å². The molecule has 2 rings (SSSR count). The van der Waals surface area contributed by atoms with Gasteiger partial charge in [-0.2, -0.15) is 0 Å². The largest absolute Gasteiger partial charge is 0.463 e. The number of methoxy groups -OCH3 is 1. The van der Waals surface area contributed by atoms with Gasteiger partial charge in [0.2, 0.25) is 5.76 Å². The van der Waals surface area contributed by atoms with E-state index in [-0.39, 0.29) is 12.4 Å². The SMILES string of the molecule is COC(=O)c1occ(-c2ccccc2)c1CO. The third-order valence-electron chi connectivity index (χ3n) is 2.51. The number of hydrogen-bond acceptors (Lipinski definition) is 4. The molecule has 0 atom stereocenters. The van der Waals surface area contributed by atoms with Crippen molar-refractivity contribution < 1.29 is 19.1 Å². The quantitative estimate of drug-likeness (QED) is 0.824. The number of benzene rings is 1. The number of ether oxygens (including phenoxy) is 1. The topological polar surface area (TPSA) is 59.7 Å². The van der Waals surface area contributed by atoms with Crippen LogP contribution in [0.5, 0.6) is 0 Å². The number of carbonyl (C=O) groups excluding carboxylic acids is 1. The van der Waals surface area contributed by atoms with Crippen LogP contribution in [0, 0.1) is 0 Å². The van der Waals surface area contributed by atoms with Crippen LogP contribution in [0.3, 0.4) is 0 Å². The van der Waals surface area contributed by atoms with Crippen LogP contribution >= 0.6 is 0 Å². The molecule has 4 heteroatoms. The first-order chi connectivity index (χ1) is 8.27. The fourth-order valence-corrected chi connectivity index (χ4v) is 1.66. The molecule has 17 heavy (non-hydrogen) atoms. The first-order valence-electron chi connectivity index (χ1n) is 5.13. The molecule has 0 saturated heterocycles. The molecule has 1 heterocycles. The number of hydrogen-bond donors (Lipinski definition) is 1. The van der Waals surface area contributed by atoms with Gasteiger partial charge in [0.1, 0.15) is 0 Å². The van der Waals surface area contributed by atoms with E-state index < -0.39 is 5.97 Å². The number of aliphatic hydroxyl groups is 1. The molecule has 0 radical (unpaired) electrons. The molecule has 1 aromatic heterocycles. The molecule has 1 aromatic carbocycles. The molecular weight excluding hydrogens is 220 g/mol. The number of esters is 1. The van der Waals surface area contributed by atoms with Crippen molar-refractivity contribution in [1.29, 1.82) is 0 Å². The predicted molar refractivity (Wildman–Crippen MR) is 61.4 cm³/mol. The van der Waals surface area contributed by atoms with E-state index in [0.29, 0.717) is 11.1 Å². The molecule has 0 saturated carbocycles. The summed E-state index contributed by atoms with van der Waals surface area (Å²) >= 11 is 0. The van der Waals surface area contributed by atoms with Gasteiger partial charge in [0.05, 0.1) is 20.0 Å². The Morgan fingerprint density at radius 1 is 1.35 bits per heavy atom. The van der Waals surface area contributed by atoms with E-state index in [1.54, 1.807) is 0 Å². The van der Waals surface area contributed by atoms with Crippen molar-refractivity contribution in [2.45, 2.75) is 6.61 Å². The highest BCUT2D eigenvalue weighted by Crippen LogP contribution is 2.28. The highest BCUT2D eigenvalue weighted by molar-refractivity contribution is 5.90. The van der Waals surface area contributed by atoms with E-state index in [9.17, 15) is 9.90 Å². The van der Waals surface area contributed by atoms with E-state index in [1.807, 2.05) is 30.3 Å². The van der Waals surface area contributed by atoms with Crippen LogP contribution in [-0.2, 0) is 11.3 Å². The maximum absolute atomic E-state index is 11.4. The van der Waals surface area contributed by atoms with Crippen LogP contribution in [0.15, 0.2) is 41.0 Å². The van der Waals surface area contributed by atoms with Crippen molar-refractivity contribution >= 4 is 5.97 Å². The predicted octanol–water partition coefficient (Wildman–Crippen LogP) is 2.23. The highest BCUT2D eigenvalue weighted by atomic mass is 16.5. The monoisotopic (exact) mass is 232 g/mol. The van der Waals surface area contributed by atoms with Gasteiger partial charge in [-0.05, 0) is 5.56 Å². The molecule has 0 bridgehead atoms. The summed E-state index contributed by atoms with van der Waals surface area (Å²) in [6, 6.07) is 9.40. The second-order valence-corrected chi connectivity index (χ2v) is 3.47. The summed E-state index contributed by atoms with van der Waals surface area (Å²) in [5.74, 6) is -0.537. The Hall–Kier alpha value is -2.07. The molecule has 4 nitrogen and oxygen atoms in total. The summed E-state index contributed by atoms with van der Waals surface area (Å²) in [4.78, 5) is 11.4. The van der Waals surface area contributed by atoms with E-state index >= 15 is 0 Å². The summed E-state index contributed by atoms with van der Waals surface area (Å²) in [5.41, 5.74) is 2.03. The average Bonchev–Trinajstić information content (AvgIpc) is 2.82. The summed E-state index contributed by atoms with van der Waals surface area (Å²) in [6.45, 7) is -0.273. The number of furan rings is 1. The minimum absolute atomic E-state index is 0.0499. The van der Waals surface area contributed by atoms with Crippen molar-refractivity contribution in [3.05, 3.63) is 47.9 Å². The Balaban J connectivity index is 2.50. The lowest BCUT2D eigenvalue weighted by Gasteiger charge is -2.01. The zero-order chi connectivity index (χ0) is 12.3. The number of aliphatic hydroxyl groups excluding tert-OH is 1. The molecule has 2 aromatic rings. The molecule has 0 amide bonds. The van der Waals surface area contributed by atoms with E-state index in [2.05, 4.69) is 4.74 Å². The molecule has 0 aliphatic carbocycles. The first kappa shape index (κ1) is 11.4. The van der Waals surface area contributed by atoms with E-state index in [1.165, 1.54) is 13.4 Å². The van der Waals surface area contributed by atoms with Crippen LogP contribution < -0.4 is 0 Å². The molecule has 0 unspecified atom stereocenters. The van der Waals surface area contributed by atoms with Gasteiger partial charge >= 0.3 is 5.97 Å². The second kappa shape index (κ2) is 4.84. The third-order valence-corrected chi connectivity index (χ3v) is 2.51. The Bertz CT molecular complexity index is 513. The Labute approximate surface area is 98.4 Å². The van der Waals surface area contributed by atoms with Gasteiger partial charge in [-0.15, -0.1) is 0 Å². The normalized spacial score (nSPS) is 10.2. The van der Waals surface area contributed by atoms with Gasteiger partial charge < -0.3 is 14.3 Å². The summed E-state index contributed by atoms with van der Waals surface area (Å²) in [7, 11) is 1.27. The molecule has 88 valence electrons. The molecule has 0 aliphatic heterocycles. The van der Waals surface area contributed by atoms with E-state index in [4.69, 9.17) is 4.42 Å². The van der Waals surface area contributed by atoms with Crippen LogP contribution in [0.25, 0.3) is 11.1 Å². The molecule has 0 fully saturated rings. The minimum atomic E-state index is -0.587. The van der Waals surface area contributed by atoms with Crippen LogP contribution in [0.1, 0.15) is 16.1 Å². The summed E-state index contributed by atoms with van der Waals surface area (Å²) < 4.78 is 9.74. The van der Waals surface area contributed by atoms with E-state index in [0.717, 1.165) is 5.56 Å². The average molecular weight is 232 g/mol. The van der Waals surface area contributed by atoms with Gasteiger partial charge in [0.15, 0.2) is 0 Å². The van der Waals surface area contributed by atoms with Gasteiger partial charge in [-0.3, -0.25) is 0 Å². The van der Waals surface area contributed by atoms with Gasteiger partial charge in [0.25, 0.3) is 0 Å². The summed E-state index contributed by atoms with van der Waals surface area (Å²) in [6.07, 6.45) is 1.45.